The molecule has 0 bridgehead atoms. The van der Waals surface area contributed by atoms with Crippen molar-refractivity contribution >= 4 is 0 Å². The Balaban J connectivity index is 1.76. The van der Waals surface area contributed by atoms with Gasteiger partial charge in [0.1, 0.15) is 0 Å². The first-order valence-corrected chi connectivity index (χ1v) is 5.17. The highest BCUT2D eigenvalue weighted by atomic mass is 16.3. The van der Waals surface area contributed by atoms with Crippen molar-refractivity contribution in [2.24, 2.45) is 17.3 Å². The lowest BCUT2D eigenvalue weighted by Gasteiger charge is -2.15. The van der Waals surface area contributed by atoms with Crippen molar-refractivity contribution in [2.75, 3.05) is 13.2 Å². The molecule has 3 aliphatic rings. The predicted octanol–water partition coefficient (Wildman–Crippen LogP) is 0.757. The van der Waals surface area contributed by atoms with Crippen molar-refractivity contribution < 1.29 is 5.11 Å². The van der Waals surface area contributed by atoms with E-state index >= 15 is 0 Å². The minimum absolute atomic E-state index is 0.344. The zero-order valence-electron chi connectivity index (χ0n) is 7.42. The van der Waals surface area contributed by atoms with E-state index in [1.165, 1.54) is 25.7 Å². The molecule has 2 nitrogen and oxygen atoms in total. The molecule has 2 heteroatoms. The van der Waals surface area contributed by atoms with Crippen LogP contribution in [-0.4, -0.2) is 24.3 Å². The number of aliphatic hydroxyl groups excluding tert-OH is 1. The first-order valence-electron chi connectivity index (χ1n) is 5.17. The number of hydrogen-bond donors (Lipinski definition) is 2. The molecular weight excluding hydrogens is 150 g/mol. The van der Waals surface area contributed by atoms with Crippen LogP contribution in [0.2, 0.25) is 0 Å². The summed E-state index contributed by atoms with van der Waals surface area (Å²) < 4.78 is 0. The molecule has 2 N–H and O–H groups in total. The molecule has 3 rings (SSSR count). The maximum Gasteiger partial charge on any atom is 0.0587 e. The third-order valence-electron chi connectivity index (χ3n) is 4.28. The van der Waals surface area contributed by atoms with Gasteiger partial charge < -0.3 is 10.4 Å². The van der Waals surface area contributed by atoms with Crippen LogP contribution in [0.25, 0.3) is 0 Å². The second-order valence-electron chi connectivity index (χ2n) is 5.03. The van der Waals surface area contributed by atoms with E-state index in [-0.39, 0.29) is 0 Å². The minimum atomic E-state index is 0.344. The highest BCUT2D eigenvalue weighted by Crippen LogP contribution is 2.62. The van der Waals surface area contributed by atoms with E-state index in [9.17, 15) is 0 Å². The van der Waals surface area contributed by atoms with E-state index in [0.717, 1.165) is 23.8 Å². The van der Waals surface area contributed by atoms with Crippen LogP contribution in [0.4, 0.5) is 0 Å². The van der Waals surface area contributed by atoms with Gasteiger partial charge in [0.05, 0.1) is 6.61 Å². The maximum atomic E-state index is 9.14. The molecule has 1 aliphatic heterocycles. The largest absolute Gasteiger partial charge is 0.395 e. The molecule has 1 spiro atoms. The Morgan fingerprint density at radius 2 is 2.17 bits per heavy atom. The Labute approximate surface area is 73.4 Å². The Hall–Kier alpha value is -0.0800. The fourth-order valence-electron chi connectivity index (χ4n) is 3.39. The van der Waals surface area contributed by atoms with Crippen molar-refractivity contribution in [2.45, 2.75) is 31.7 Å². The zero-order chi connectivity index (χ0) is 8.18. The maximum absolute atomic E-state index is 9.14. The summed E-state index contributed by atoms with van der Waals surface area (Å²) in [6, 6.07) is 0.426. The van der Waals surface area contributed by atoms with Crippen molar-refractivity contribution in [1.29, 1.82) is 0 Å². The minimum Gasteiger partial charge on any atom is -0.395 e. The second-order valence-corrected chi connectivity index (χ2v) is 5.03. The second kappa shape index (κ2) is 2.24. The molecule has 0 amide bonds. The lowest BCUT2D eigenvalue weighted by molar-refractivity contribution is 0.219. The summed E-state index contributed by atoms with van der Waals surface area (Å²) in [7, 11) is 0. The van der Waals surface area contributed by atoms with Gasteiger partial charge in [0.15, 0.2) is 0 Å². The molecular formula is C10H17NO. The van der Waals surface area contributed by atoms with Gasteiger partial charge in [-0.3, -0.25) is 0 Å². The molecule has 3 fully saturated rings. The van der Waals surface area contributed by atoms with Gasteiger partial charge >= 0.3 is 0 Å². The number of hydrogen-bond acceptors (Lipinski definition) is 2. The summed E-state index contributed by atoms with van der Waals surface area (Å²) in [6.45, 7) is 1.51. The van der Waals surface area contributed by atoms with Crippen LogP contribution < -0.4 is 5.32 Å². The van der Waals surface area contributed by atoms with Crippen LogP contribution in [0.15, 0.2) is 0 Å². The van der Waals surface area contributed by atoms with Gasteiger partial charge in [0, 0.05) is 6.04 Å². The molecule has 2 aliphatic carbocycles. The fourth-order valence-corrected chi connectivity index (χ4v) is 3.39. The number of rotatable bonds is 1. The first-order chi connectivity index (χ1) is 5.83. The average Bonchev–Trinajstić information content (AvgIpc) is 2.52. The number of aliphatic hydroxyl groups is 1. The average molecular weight is 167 g/mol. The van der Waals surface area contributed by atoms with Crippen LogP contribution in [0.1, 0.15) is 25.7 Å². The van der Waals surface area contributed by atoms with Crippen LogP contribution in [0.3, 0.4) is 0 Å². The highest BCUT2D eigenvalue weighted by Gasteiger charge is 2.55. The molecule has 0 aromatic heterocycles. The summed E-state index contributed by atoms with van der Waals surface area (Å²) in [5.41, 5.74) is 0.769. The standard InChI is InChI=1S/C10H17NO/c12-6-9-8-4-10(1-2-10)3-7(8)5-11-9/h7-9,11-12H,1-6H2/t7-,8-,9+/m0/s1. The lowest BCUT2D eigenvalue weighted by Crippen LogP contribution is -2.31. The first kappa shape index (κ1) is 7.34. The van der Waals surface area contributed by atoms with Crippen molar-refractivity contribution in [3.05, 3.63) is 0 Å². The molecule has 0 aromatic carbocycles. The Morgan fingerprint density at radius 1 is 1.33 bits per heavy atom. The smallest absolute Gasteiger partial charge is 0.0587 e. The predicted molar refractivity (Wildman–Crippen MR) is 46.8 cm³/mol. The molecule has 0 aromatic rings. The van der Waals surface area contributed by atoms with E-state index in [4.69, 9.17) is 5.11 Å². The third-order valence-corrected chi connectivity index (χ3v) is 4.28. The summed E-state index contributed by atoms with van der Waals surface area (Å²) >= 11 is 0. The van der Waals surface area contributed by atoms with E-state index in [1.54, 1.807) is 0 Å². The molecule has 68 valence electrons. The molecule has 1 heterocycles. The van der Waals surface area contributed by atoms with Gasteiger partial charge in [-0.1, -0.05) is 0 Å². The van der Waals surface area contributed by atoms with Gasteiger partial charge in [-0.05, 0) is 49.5 Å². The van der Waals surface area contributed by atoms with E-state index in [0.29, 0.717) is 12.6 Å². The van der Waals surface area contributed by atoms with Crippen LogP contribution in [-0.2, 0) is 0 Å². The molecule has 1 saturated heterocycles. The quantitative estimate of drug-likeness (QED) is 0.604. The topological polar surface area (TPSA) is 32.3 Å². The van der Waals surface area contributed by atoms with Gasteiger partial charge in [-0.25, -0.2) is 0 Å². The van der Waals surface area contributed by atoms with Crippen LogP contribution >= 0.6 is 0 Å². The van der Waals surface area contributed by atoms with Gasteiger partial charge in [0.2, 0.25) is 0 Å². The Bertz CT molecular complexity index is 200. The Kier molecular flexibility index (Phi) is 1.37. The van der Waals surface area contributed by atoms with Crippen molar-refractivity contribution in [1.82, 2.24) is 5.32 Å². The van der Waals surface area contributed by atoms with E-state index < -0.39 is 0 Å². The fraction of sp³-hybridized carbons (Fsp3) is 1.00. The Morgan fingerprint density at radius 3 is 2.83 bits per heavy atom. The van der Waals surface area contributed by atoms with Gasteiger partial charge in [-0.15, -0.1) is 0 Å². The lowest BCUT2D eigenvalue weighted by atomic mass is 9.94. The summed E-state index contributed by atoms with van der Waals surface area (Å²) in [5.74, 6) is 1.70. The summed E-state index contributed by atoms with van der Waals surface area (Å²) in [6.07, 6.45) is 5.79. The van der Waals surface area contributed by atoms with Gasteiger partial charge in [0.25, 0.3) is 0 Å². The molecule has 0 radical (unpaired) electrons. The van der Waals surface area contributed by atoms with E-state index in [2.05, 4.69) is 5.32 Å². The van der Waals surface area contributed by atoms with E-state index in [1.807, 2.05) is 0 Å². The normalized spacial score (nSPS) is 48.2. The number of nitrogens with one attached hydrogen (secondary N) is 1. The van der Waals surface area contributed by atoms with Crippen LogP contribution in [0, 0.1) is 17.3 Å². The van der Waals surface area contributed by atoms with Crippen molar-refractivity contribution in [3.63, 3.8) is 0 Å². The molecule has 12 heavy (non-hydrogen) atoms. The highest BCUT2D eigenvalue weighted by molar-refractivity contribution is 5.08. The van der Waals surface area contributed by atoms with Crippen LogP contribution in [0.5, 0.6) is 0 Å². The SMILES string of the molecule is OC[C@H]1NC[C@@H]2CC3(CC3)C[C@@H]21. The third kappa shape index (κ3) is 0.882. The molecule has 3 atom stereocenters. The summed E-state index contributed by atoms with van der Waals surface area (Å²) in [5, 5.41) is 12.6. The zero-order valence-corrected chi connectivity index (χ0v) is 7.42. The summed E-state index contributed by atoms with van der Waals surface area (Å²) in [4.78, 5) is 0. The van der Waals surface area contributed by atoms with Gasteiger partial charge in [-0.2, -0.15) is 0 Å². The number of fused-ring (bicyclic) bond motifs is 1. The molecule has 2 saturated carbocycles. The van der Waals surface area contributed by atoms with Crippen molar-refractivity contribution in [3.8, 4) is 0 Å². The molecule has 0 unspecified atom stereocenters. The monoisotopic (exact) mass is 167 g/mol.